The first-order chi connectivity index (χ1) is 15.8. The molecular weight excluding hydrogens is 427 g/mol. The van der Waals surface area contributed by atoms with Crippen LogP contribution in [-0.4, -0.2) is 33.1 Å². The second kappa shape index (κ2) is 9.15. The van der Waals surface area contributed by atoms with Crippen LogP contribution in [0.25, 0.3) is 11.0 Å². The Bertz CT molecular complexity index is 1440. The molecule has 0 unspecified atom stereocenters. The topological polar surface area (TPSA) is 109 Å². The molecular formula is C24H23FN4O4. The average molecular weight is 450 g/mol. The lowest BCUT2D eigenvalue weighted by molar-refractivity contribution is 0.0924. The third-order valence-electron chi connectivity index (χ3n) is 5.20. The Morgan fingerprint density at radius 2 is 1.91 bits per heavy atom. The highest BCUT2D eigenvalue weighted by atomic mass is 19.1. The van der Waals surface area contributed by atoms with E-state index in [1.165, 1.54) is 16.7 Å². The van der Waals surface area contributed by atoms with E-state index in [2.05, 4.69) is 15.3 Å². The third-order valence-corrected chi connectivity index (χ3v) is 5.20. The zero-order chi connectivity index (χ0) is 23.5. The fourth-order valence-corrected chi connectivity index (χ4v) is 3.50. The van der Waals surface area contributed by atoms with E-state index in [0.29, 0.717) is 22.3 Å². The number of aromatic nitrogens is 3. The van der Waals surface area contributed by atoms with E-state index in [4.69, 9.17) is 4.74 Å². The van der Waals surface area contributed by atoms with E-state index < -0.39 is 11.5 Å². The molecule has 0 saturated heterocycles. The number of carbonyl (C=O) groups is 1. The van der Waals surface area contributed by atoms with Crippen molar-refractivity contribution in [1.82, 2.24) is 19.9 Å². The maximum atomic E-state index is 13.5. The molecule has 2 aromatic heterocycles. The Morgan fingerprint density at radius 1 is 1.12 bits per heavy atom. The average Bonchev–Trinajstić information content (AvgIpc) is 3.15. The van der Waals surface area contributed by atoms with Gasteiger partial charge in [0.2, 0.25) is 0 Å². The number of fused-ring (bicyclic) bond motifs is 1. The molecule has 1 amide bonds. The summed E-state index contributed by atoms with van der Waals surface area (Å²) in [7, 11) is 0. The summed E-state index contributed by atoms with van der Waals surface area (Å²) in [5.41, 5.74) is 1.81. The number of pyridine rings is 1. The van der Waals surface area contributed by atoms with Crippen molar-refractivity contribution >= 4 is 16.9 Å². The van der Waals surface area contributed by atoms with Crippen LogP contribution >= 0.6 is 0 Å². The van der Waals surface area contributed by atoms with Crippen LogP contribution in [0.4, 0.5) is 4.39 Å². The van der Waals surface area contributed by atoms with Crippen molar-refractivity contribution in [2.24, 2.45) is 0 Å². The Hall–Kier alpha value is -4.14. The van der Waals surface area contributed by atoms with Crippen LogP contribution in [0.1, 0.15) is 28.4 Å². The number of amides is 1. The number of ether oxygens (including phenoxy) is 1. The van der Waals surface area contributed by atoms with Gasteiger partial charge in [0.25, 0.3) is 11.5 Å². The summed E-state index contributed by atoms with van der Waals surface area (Å²) in [5.74, 6) is -0.279. The molecule has 0 aliphatic carbocycles. The molecule has 0 bridgehead atoms. The summed E-state index contributed by atoms with van der Waals surface area (Å²) in [6, 6.07) is 12.5. The lowest BCUT2D eigenvalue weighted by Gasteiger charge is -2.15. The van der Waals surface area contributed by atoms with Gasteiger partial charge in [-0.15, -0.1) is 0 Å². The maximum absolute atomic E-state index is 13.5. The van der Waals surface area contributed by atoms with Gasteiger partial charge in [-0.1, -0.05) is 12.1 Å². The molecule has 8 nitrogen and oxygen atoms in total. The Morgan fingerprint density at radius 3 is 2.70 bits per heavy atom. The summed E-state index contributed by atoms with van der Waals surface area (Å²) >= 11 is 0. The van der Waals surface area contributed by atoms with E-state index in [1.807, 2.05) is 0 Å². The van der Waals surface area contributed by atoms with Gasteiger partial charge in [-0.2, -0.15) is 0 Å². The summed E-state index contributed by atoms with van der Waals surface area (Å²) < 4.78 is 20.6. The smallest absolute Gasteiger partial charge is 0.323 e. The van der Waals surface area contributed by atoms with Gasteiger partial charge in [0.15, 0.2) is 0 Å². The van der Waals surface area contributed by atoms with Crippen LogP contribution in [0.5, 0.6) is 5.75 Å². The molecule has 3 N–H and O–H groups in total. The van der Waals surface area contributed by atoms with Crippen LogP contribution in [0.15, 0.2) is 64.3 Å². The van der Waals surface area contributed by atoms with Gasteiger partial charge in [0.05, 0.1) is 23.6 Å². The minimum absolute atomic E-state index is 0.00880. The van der Waals surface area contributed by atoms with Crippen molar-refractivity contribution in [1.29, 1.82) is 0 Å². The number of H-pyrrole nitrogens is 2. The summed E-state index contributed by atoms with van der Waals surface area (Å²) in [4.78, 5) is 42.2. The van der Waals surface area contributed by atoms with Crippen molar-refractivity contribution in [3.05, 3.63) is 98.1 Å². The number of carbonyl (C=O) groups excluding carboxylic acids is 1. The van der Waals surface area contributed by atoms with E-state index in [1.54, 1.807) is 56.4 Å². The largest absolute Gasteiger partial charge is 0.491 e. The lowest BCUT2D eigenvalue weighted by Crippen LogP contribution is -2.40. The molecule has 2 heterocycles. The molecule has 0 aliphatic rings. The van der Waals surface area contributed by atoms with Gasteiger partial charge in [-0.3, -0.25) is 9.59 Å². The van der Waals surface area contributed by atoms with Crippen LogP contribution in [0.3, 0.4) is 0 Å². The lowest BCUT2D eigenvalue weighted by atomic mass is 10.1. The first kappa shape index (κ1) is 22.1. The predicted octanol–water partition coefficient (Wildman–Crippen LogP) is 2.71. The standard InChI is InChI=1S/C24H23FN4O4/c1-14-10-16(5-7-19(14)25)12-29-9-3-4-18(23(29)31)22(30)26-15(2)13-33-17-6-8-20-21(11-17)28-24(32)27-20/h3-11,15H,12-13H2,1-2H3,(H,26,30)(H2,27,28,32)/t15-/m0/s1. The molecule has 1 atom stereocenters. The molecule has 2 aromatic carbocycles. The van der Waals surface area contributed by atoms with Crippen molar-refractivity contribution in [2.75, 3.05) is 6.61 Å². The number of hydrogen-bond acceptors (Lipinski definition) is 4. The first-order valence-corrected chi connectivity index (χ1v) is 10.4. The van der Waals surface area contributed by atoms with Crippen molar-refractivity contribution in [2.45, 2.75) is 26.4 Å². The van der Waals surface area contributed by atoms with Crippen molar-refractivity contribution in [3.63, 3.8) is 0 Å². The van der Waals surface area contributed by atoms with E-state index >= 15 is 0 Å². The summed E-state index contributed by atoms with van der Waals surface area (Å²) in [5, 5.41) is 2.77. The zero-order valence-corrected chi connectivity index (χ0v) is 18.1. The third kappa shape index (κ3) is 5.03. The number of halogens is 1. The van der Waals surface area contributed by atoms with Gasteiger partial charge in [-0.25, -0.2) is 9.18 Å². The minimum atomic E-state index is -0.508. The number of imidazole rings is 1. The fourth-order valence-electron chi connectivity index (χ4n) is 3.50. The second-order valence-corrected chi connectivity index (χ2v) is 7.91. The van der Waals surface area contributed by atoms with Gasteiger partial charge in [0.1, 0.15) is 23.7 Å². The number of nitrogens with zero attached hydrogens (tertiary/aromatic N) is 1. The normalized spacial score (nSPS) is 12.0. The SMILES string of the molecule is Cc1cc(Cn2cccc(C(=O)N[C@@H](C)COc3ccc4[nH]c(=O)[nH]c4c3)c2=O)ccc1F. The fraction of sp³-hybridized carbons (Fsp3) is 0.208. The number of nitrogens with one attached hydrogen (secondary N) is 3. The molecule has 170 valence electrons. The minimum Gasteiger partial charge on any atom is -0.491 e. The molecule has 4 rings (SSSR count). The van der Waals surface area contributed by atoms with Gasteiger partial charge >= 0.3 is 5.69 Å². The number of benzene rings is 2. The number of hydrogen-bond donors (Lipinski definition) is 3. The quantitative estimate of drug-likeness (QED) is 0.402. The zero-order valence-electron chi connectivity index (χ0n) is 18.1. The van der Waals surface area contributed by atoms with Crippen molar-refractivity contribution < 1.29 is 13.9 Å². The second-order valence-electron chi connectivity index (χ2n) is 7.91. The summed E-state index contributed by atoms with van der Waals surface area (Å²) in [6.45, 7) is 3.81. The van der Waals surface area contributed by atoms with E-state index in [-0.39, 0.29) is 36.3 Å². The first-order valence-electron chi connectivity index (χ1n) is 10.4. The molecule has 0 radical (unpaired) electrons. The molecule has 9 heteroatoms. The Balaban J connectivity index is 1.40. The van der Waals surface area contributed by atoms with Gasteiger partial charge < -0.3 is 24.6 Å². The number of aryl methyl sites for hydroxylation is 1. The molecule has 4 aromatic rings. The van der Waals surface area contributed by atoms with Crippen LogP contribution < -0.4 is 21.3 Å². The van der Waals surface area contributed by atoms with Gasteiger partial charge in [0, 0.05) is 12.3 Å². The molecule has 0 saturated carbocycles. The predicted molar refractivity (Wildman–Crippen MR) is 122 cm³/mol. The Kier molecular flexibility index (Phi) is 6.12. The molecule has 0 spiro atoms. The van der Waals surface area contributed by atoms with E-state index in [0.717, 1.165) is 5.56 Å². The van der Waals surface area contributed by atoms with E-state index in [9.17, 15) is 18.8 Å². The highest BCUT2D eigenvalue weighted by Crippen LogP contribution is 2.17. The van der Waals surface area contributed by atoms with Crippen LogP contribution in [0.2, 0.25) is 0 Å². The summed E-state index contributed by atoms with van der Waals surface area (Å²) in [6.07, 6.45) is 1.59. The number of rotatable bonds is 7. The molecule has 0 fully saturated rings. The Labute approximate surface area is 188 Å². The highest BCUT2D eigenvalue weighted by Gasteiger charge is 2.15. The van der Waals surface area contributed by atoms with Crippen LogP contribution in [0, 0.1) is 12.7 Å². The van der Waals surface area contributed by atoms with Gasteiger partial charge in [-0.05, 0) is 55.3 Å². The molecule has 0 aliphatic heterocycles. The highest BCUT2D eigenvalue weighted by molar-refractivity contribution is 5.94. The van der Waals surface area contributed by atoms with Crippen LogP contribution in [-0.2, 0) is 6.54 Å². The monoisotopic (exact) mass is 450 g/mol. The molecule has 33 heavy (non-hydrogen) atoms. The number of aromatic amines is 2. The van der Waals surface area contributed by atoms with Crippen molar-refractivity contribution in [3.8, 4) is 5.75 Å². The maximum Gasteiger partial charge on any atom is 0.323 e.